The van der Waals surface area contributed by atoms with Crippen LogP contribution in [0.2, 0.25) is 0 Å². The van der Waals surface area contributed by atoms with Gasteiger partial charge in [-0.25, -0.2) is 0 Å². The summed E-state index contributed by atoms with van der Waals surface area (Å²) in [6, 6.07) is 35.2. The van der Waals surface area contributed by atoms with Crippen LogP contribution in [0.25, 0.3) is 11.1 Å². The van der Waals surface area contributed by atoms with E-state index in [4.69, 9.17) is 9.47 Å². The Labute approximate surface area is 166 Å². The van der Waals surface area contributed by atoms with E-state index in [0.29, 0.717) is 0 Å². The molecule has 0 bridgehead atoms. The van der Waals surface area contributed by atoms with Gasteiger partial charge in [-0.3, -0.25) is 0 Å². The van der Waals surface area contributed by atoms with Crippen molar-refractivity contribution < 1.29 is 9.47 Å². The summed E-state index contributed by atoms with van der Waals surface area (Å²) >= 11 is 0. The lowest BCUT2D eigenvalue weighted by molar-refractivity contribution is 0.403. The molecule has 0 spiro atoms. The fraction of sp³-hybridized carbons (Fsp3) is 0.0400. The smallest absolute Gasteiger partial charge is 0.135 e. The Balaban J connectivity index is 1.62. The van der Waals surface area contributed by atoms with E-state index in [9.17, 15) is 0 Å². The summed E-state index contributed by atoms with van der Waals surface area (Å²) in [7, 11) is -0.550. The average molecular weight is 382 g/mol. The normalized spacial score (nSPS) is 14.9. The lowest BCUT2D eigenvalue weighted by Gasteiger charge is -2.17. The third-order valence-electron chi connectivity index (χ3n) is 4.83. The first-order valence-corrected chi connectivity index (χ1v) is 10.8. The molecule has 28 heavy (non-hydrogen) atoms. The second kappa shape index (κ2) is 7.50. The molecule has 0 radical (unpaired) electrons. The Hall–Kier alpha value is -3.09. The lowest BCUT2D eigenvalue weighted by atomic mass is 10.0. The van der Waals surface area contributed by atoms with E-state index >= 15 is 0 Å². The number of hydrogen-bond acceptors (Lipinski definition) is 2. The van der Waals surface area contributed by atoms with Gasteiger partial charge in [0.15, 0.2) is 0 Å². The lowest BCUT2D eigenvalue weighted by Crippen LogP contribution is -2.11. The predicted octanol–water partition coefficient (Wildman–Crippen LogP) is 5.93. The fourth-order valence-electron chi connectivity index (χ4n) is 3.54. The molecule has 0 N–H and O–H groups in total. The Morgan fingerprint density at radius 2 is 1.32 bits per heavy atom. The molecular weight excluding hydrogens is 363 g/mol. The molecule has 0 fully saturated rings. The zero-order valence-corrected chi connectivity index (χ0v) is 16.2. The maximum atomic E-state index is 6.23. The summed E-state index contributed by atoms with van der Waals surface area (Å²) in [5, 5.41) is 2.64. The van der Waals surface area contributed by atoms with Gasteiger partial charge in [-0.15, -0.1) is 0 Å². The number of benzene rings is 4. The molecule has 4 aromatic rings. The van der Waals surface area contributed by atoms with Gasteiger partial charge < -0.3 is 9.47 Å². The van der Waals surface area contributed by atoms with Gasteiger partial charge in [-0.05, 0) is 43.1 Å². The van der Waals surface area contributed by atoms with Crippen LogP contribution in [0.4, 0.5) is 0 Å². The van der Waals surface area contributed by atoms with Crippen molar-refractivity contribution in [2.75, 3.05) is 6.35 Å². The number of ether oxygens (including phenoxy) is 2. The largest absolute Gasteiger partial charge is 0.488 e. The minimum absolute atomic E-state index is 0.550. The van der Waals surface area contributed by atoms with Gasteiger partial charge in [0.2, 0.25) is 0 Å². The first-order valence-electron chi connectivity index (χ1n) is 9.31. The van der Waals surface area contributed by atoms with Gasteiger partial charge in [0.05, 0.1) is 0 Å². The van der Waals surface area contributed by atoms with Crippen LogP contribution in [0.5, 0.6) is 17.2 Å². The van der Waals surface area contributed by atoms with E-state index < -0.39 is 7.92 Å². The van der Waals surface area contributed by atoms with E-state index in [1.807, 2.05) is 42.5 Å². The summed E-state index contributed by atoms with van der Waals surface area (Å²) < 4.78 is 12.3. The molecule has 0 aliphatic carbocycles. The topological polar surface area (TPSA) is 18.5 Å². The second-order valence-electron chi connectivity index (χ2n) is 6.60. The Kier molecular flexibility index (Phi) is 4.56. The van der Waals surface area contributed by atoms with Crippen molar-refractivity contribution in [3.05, 3.63) is 103 Å². The zero-order valence-electron chi connectivity index (χ0n) is 15.3. The highest BCUT2D eigenvalue weighted by atomic mass is 31.1. The molecule has 2 nitrogen and oxygen atoms in total. The monoisotopic (exact) mass is 382 g/mol. The van der Waals surface area contributed by atoms with E-state index in [-0.39, 0.29) is 0 Å². The van der Waals surface area contributed by atoms with Crippen LogP contribution in [0.15, 0.2) is 103 Å². The van der Waals surface area contributed by atoms with Gasteiger partial charge >= 0.3 is 0 Å². The second-order valence-corrected chi connectivity index (χ2v) is 8.68. The first kappa shape index (κ1) is 17.0. The van der Waals surface area contributed by atoms with Crippen LogP contribution in [-0.2, 0) is 0 Å². The minimum Gasteiger partial charge on any atom is -0.488 e. The Morgan fingerprint density at radius 3 is 2.14 bits per heavy atom. The van der Waals surface area contributed by atoms with Crippen molar-refractivity contribution in [2.45, 2.75) is 0 Å². The third-order valence-corrected chi connectivity index (χ3v) is 7.14. The molecule has 0 saturated carbocycles. The average Bonchev–Trinajstić information content (AvgIpc) is 3.20. The summed E-state index contributed by atoms with van der Waals surface area (Å²) in [6.07, 6.45) is 0.730. The van der Waals surface area contributed by atoms with E-state index in [0.717, 1.165) is 29.2 Å². The Bertz CT molecular complexity index is 1090. The predicted molar refractivity (Wildman–Crippen MR) is 117 cm³/mol. The van der Waals surface area contributed by atoms with Crippen molar-refractivity contribution in [2.24, 2.45) is 0 Å². The van der Waals surface area contributed by atoms with Gasteiger partial charge in [-0.2, -0.15) is 0 Å². The molecular formula is C25H19O2P. The molecule has 5 rings (SSSR count). The van der Waals surface area contributed by atoms with Crippen LogP contribution in [-0.4, -0.2) is 6.35 Å². The standard InChI is InChI=1S/C25H19O2P/c1-3-10-19(11-4-1)27-23-16-8-7-14-21(23)22-15-9-17-24-25(22)28(18-26-24)20-12-5-2-6-13-20/h1-17H,18H2/t28-/m0/s1. The van der Waals surface area contributed by atoms with E-state index in [1.165, 1.54) is 16.2 Å². The third kappa shape index (κ3) is 3.17. The molecule has 1 aliphatic heterocycles. The first-order chi connectivity index (χ1) is 13.9. The molecule has 1 atom stereocenters. The van der Waals surface area contributed by atoms with Crippen LogP contribution >= 0.6 is 7.92 Å². The number of hydrogen-bond donors (Lipinski definition) is 0. The minimum atomic E-state index is -0.550. The van der Waals surface area contributed by atoms with Gasteiger partial charge in [0, 0.05) is 10.9 Å². The number of rotatable bonds is 4. The SMILES string of the molecule is c1ccc(Oc2ccccc2-c2cccc3c2[P@](c2ccccc2)CO3)cc1. The van der Waals surface area contributed by atoms with Crippen molar-refractivity contribution in [3.63, 3.8) is 0 Å². The summed E-state index contributed by atoms with van der Waals surface area (Å²) in [4.78, 5) is 0. The van der Waals surface area contributed by atoms with E-state index in [1.54, 1.807) is 0 Å². The highest BCUT2D eigenvalue weighted by molar-refractivity contribution is 7.73. The van der Waals surface area contributed by atoms with Crippen molar-refractivity contribution in [1.82, 2.24) is 0 Å². The summed E-state index contributed by atoms with van der Waals surface area (Å²) in [6.45, 7) is 0. The fourth-order valence-corrected chi connectivity index (χ4v) is 5.77. The van der Waals surface area contributed by atoms with Crippen molar-refractivity contribution in [3.8, 4) is 28.4 Å². The molecule has 136 valence electrons. The molecule has 0 amide bonds. The zero-order chi connectivity index (χ0) is 18.8. The van der Waals surface area contributed by atoms with E-state index in [2.05, 4.69) is 60.7 Å². The molecule has 3 heteroatoms. The number of fused-ring (bicyclic) bond motifs is 1. The highest BCUT2D eigenvalue weighted by Gasteiger charge is 2.29. The molecule has 0 aromatic heterocycles. The van der Waals surface area contributed by atoms with Crippen LogP contribution < -0.4 is 20.1 Å². The van der Waals surface area contributed by atoms with Crippen LogP contribution in [0.3, 0.4) is 0 Å². The molecule has 0 saturated heterocycles. The van der Waals surface area contributed by atoms with Crippen LogP contribution in [0, 0.1) is 0 Å². The van der Waals surface area contributed by atoms with Gasteiger partial charge in [0.1, 0.15) is 23.6 Å². The quantitative estimate of drug-likeness (QED) is 0.407. The molecule has 0 unspecified atom stereocenters. The highest BCUT2D eigenvalue weighted by Crippen LogP contribution is 2.47. The van der Waals surface area contributed by atoms with Crippen molar-refractivity contribution in [1.29, 1.82) is 0 Å². The van der Waals surface area contributed by atoms with Crippen LogP contribution in [0.1, 0.15) is 0 Å². The van der Waals surface area contributed by atoms with Crippen molar-refractivity contribution >= 4 is 18.5 Å². The molecule has 1 heterocycles. The number of para-hydroxylation sites is 2. The Morgan fingerprint density at radius 1 is 0.643 bits per heavy atom. The maximum Gasteiger partial charge on any atom is 0.135 e. The summed E-state index contributed by atoms with van der Waals surface area (Å²) in [5.74, 6) is 2.68. The van der Waals surface area contributed by atoms with Gasteiger partial charge in [-0.1, -0.05) is 78.9 Å². The summed E-state index contributed by atoms with van der Waals surface area (Å²) in [5.41, 5.74) is 2.29. The molecule has 1 aliphatic rings. The molecule has 4 aromatic carbocycles. The van der Waals surface area contributed by atoms with Gasteiger partial charge in [0.25, 0.3) is 0 Å². The maximum absolute atomic E-state index is 6.23.